The number of halogens is 6. The number of nitrogens with one attached hydrogen (secondary N) is 1. The molecule has 0 fully saturated rings. The highest BCUT2D eigenvalue weighted by molar-refractivity contribution is 14.1. The molecule has 3 aromatic rings. The SMILES string of the molecule is N#Cc1cc(-n2nc(C(F)(F)F)cc2C(=O)Nc2ccc(I)cc2F)ccc1F. The number of rotatable bonds is 3. The zero-order valence-corrected chi connectivity index (χ0v) is 16.2. The van der Waals surface area contributed by atoms with E-state index in [1.807, 2.05) is 22.6 Å². The minimum atomic E-state index is -4.87. The summed E-state index contributed by atoms with van der Waals surface area (Å²) >= 11 is 1.85. The van der Waals surface area contributed by atoms with E-state index in [-0.39, 0.29) is 11.4 Å². The molecule has 5 nitrogen and oxygen atoms in total. The summed E-state index contributed by atoms with van der Waals surface area (Å²) in [5, 5.41) is 14.5. The fraction of sp³-hybridized carbons (Fsp3) is 0.0556. The minimum Gasteiger partial charge on any atom is -0.318 e. The van der Waals surface area contributed by atoms with Gasteiger partial charge in [-0.3, -0.25) is 4.79 Å². The maximum Gasteiger partial charge on any atom is 0.435 e. The molecular weight excluding hydrogens is 510 g/mol. The van der Waals surface area contributed by atoms with Crippen LogP contribution in [0.3, 0.4) is 0 Å². The van der Waals surface area contributed by atoms with Gasteiger partial charge in [-0.2, -0.15) is 23.5 Å². The van der Waals surface area contributed by atoms with Crippen molar-refractivity contribution in [3.8, 4) is 11.8 Å². The van der Waals surface area contributed by atoms with Crippen LogP contribution in [0.1, 0.15) is 21.7 Å². The Hall–Kier alpha value is -3.01. The van der Waals surface area contributed by atoms with E-state index in [0.29, 0.717) is 14.3 Å². The van der Waals surface area contributed by atoms with Crippen LogP contribution in [0.15, 0.2) is 42.5 Å². The normalized spacial score (nSPS) is 11.2. The quantitative estimate of drug-likeness (QED) is 0.397. The van der Waals surface area contributed by atoms with Crippen LogP contribution < -0.4 is 5.32 Å². The van der Waals surface area contributed by atoms with E-state index in [4.69, 9.17) is 5.26 Å². The van der Waals surface area contributed by atoms with E-state index in [1.54, 1.807) is 6.07 Å². The van der Waals surface area contributed by atoms with Crippen molar-refractivity contribution in [1.82, 2.24) is 9.78 Å². The molecule has 11 heteroatoms. The summed E-state index contributed by atoms with van der Waals surface area (Å²) < 4.78 is 68.1. The van der Waals surface area contributed by atoms with Gasteiger partial charge in [0.2, 0.25) is 0 Å². The number of amides is 1. The van der Waals surface area contributed by atoms with E-state index < -0.39 is 40.7 Å². The first-order valence-electron chi connectivity index (χ1n) is 7.74. The van der Waals surface area contributed by atoms with Crippen LogP contribution in [-0.2, 0) is 6.18 Å². The highest BCUT2D eigenvalue weighted by Gasteiger charge is 2.36. The molecule has 1 amide bonds. The first kappa shape index (κ1) is 20.7. The largest absolute Gasteiger partial charge is 0.435 e. The standard InChI is InChI=1S/C18H8F5IN4O/c19-12-3-2-11(5-9(12)8-25)28-15(7-16(27-28)18(21,22)23)17(29)26-14-4-1-10(24)6-13(14)20/h1-7H,(H,26,29). The van der Waals surface area contributed by atoms with Crippen LogP contribution in [0.4, 0.5) is 27.6 Å². The number of carbonyl (C=O) groups is 1. The van der Waals surface area contributed by atoms with Gasteiger partial charge in [-0.15, -0.1) is 0 Å². The molecular formula is C18H8F5IN4O. The Morgan fingerprint density at radius 3 is 2.45 bits per heavy atom. The van der Waals surface area contributed by atoms with Crippen molar-refractivity contribution in [3.63, 3.8) is 0 Å². The van der Waals surface area contributed by atoms with Gasteiger partial charge in [0.15, 0.2) is 5.69 Å². The lowest BCUT2D eigenvalue weighted by atomic mass is 10.2. The molecule has 29 heavy (non-hydrogen) atoms. The number of hydrogen-bond acceptors (Lipinski definition) is 3. The summed E-state index contributed by atoms with van der Waals surface area (Å²) in [6, 6.07) is 8.80. The molecule has 0 saturated carbocycles. The minimum absolute atomic E-state index is 0.147. The Morgan fingerprint density at radius 1 is 1.10 bits per heavy atom. The van der Waals surface area contributed by atoms with Crippen LogP contribution in [0.2, 0.25) is 0 Å². The smallest absolute Gasteiger partial charge is 0.318 e. The zero-order valence-electron chi connectivity index (χ0n) is 14.1. The molecule has 0 radical (unpaired) electrons. The molecule has 0 saturated heterocycles. The number of aromatic nitrogens is 2. The predicted octanol–water partition coefficient (Wildman–Crippen LogP) is 4.90. The maximum absolute atomic E-state index is 14.0. The molecule has 0 unspecified atom stereocenters. The van der Waals surface area contributed by atoms with E-state index in [0.717, 1.165) is 24.3 Å². The molecule has 0 aliphatic carbocycles. The van der Waals surface area contributed by atoms with Gasteiger partial charge in [-0.25, -0.2) is 13.5 Å². The first-order valence-corrected chi connectivity index (χ1v) is 8.81. The van der Waals surface area contributed by atoms with Crippen LogP contribution in [0, 0.1) is 26.5 Å². The van der Waals surface area contributed by atoms with Crippen LogP contribution in [0.5, 0.6) is 0 Å². The average Bonchev–Trinajstić information content (AvgIpc) is 3.10. The van der Waals surface area contributed by atoms with Crippen molar-refractivity contribution in [3.05, 3.63) is 74.6 Å². The van der Waals surface area contributed by atoms with Gasteiger partial charge >= 0.3 is 6.18 Å². The van der Waals surface area contributed by atoms with Gasteiger partial charge in [0.05, 0.1) is 16.9 Å². The Morgan fingerprint density at radius 2 is 1.83 bits per heavy atom. The fourth-order valence-corrected chi connectivity index (χ4v) is 2.84. The van der Waals surface area contributed by atoms with Gasteiger partial charge < -0.3 is 5.32 Å². The highest BCUT2D eigenvalue weighted by atomic mass is 127. The molecule has 1 heterocycles. The molecule has 1 aromatic heterocycles. The number of anilines is 1. The molecule has 0 atom stereocenters. The number of benzene rings is 2. The van der Waals surface area contributed by atoms with Gasteiger partial charge in [0.1, 0.15) is 23.4 Å². The predicted molar refractivity (Wildman–Crippen MR) is 100 cm³/mol. The maximum atomic E-state index is 14.0. The third-order valence-electron chi connectivity index (χ3n) is 3.73. The Bertz CT molecular complexity index is 1150. The number of nitriles is 1. The fourth-order valence-electron chi connectivity index (χ4n) is 2.39. The summed E-state index contributed by atoms with van der Waals surface area (Å²) in [6.45, 7) is 0. The Balaban J connectivity index is 2.09. The van der Waals surface area contributed by atoms with Crippen molar-refractivity contribution >= 4 is 34.2 Å². The second-order valence-corrected chi connectivity index (χ2v) is 6.92. The van der Waals surface area contributed by atoms with E-state index in [9.17, 15) is 26.7 Å². The van der Waals surface area contributed by atoms with Crippen molar-refractivity contribution in [1.29, 1.82) is 5.26 Å². The van der Waals surface area contributed by atoms with Crippen LogP contribution in [0.25, 0.3) is 5.69 Å². The third kappa shape index (κ3) is 4.37. The summed E-state index contributed by atoms with van der Waals surface area (Å²) in [6.07, 6.45) is -4.87. The lowest BCUT2D eigenvalue weighted by Crippen LogP contribution is -2.18. The monoisotopic (exact) mass is 518 g/mol. The molecule has 2 aromatic carbocycles. The van der Waals surface area contributed by atoms with E-state index in [2.05, 4.69) is 10.4 Å². The molecule has 0 bridgehead atoms. The Kier molecular flexibility index (Phi) is 5.56. The summed E-state index contributed by atoms with van der Waals surface area (Å²) in [4.78, 5) is 12.6. The molecule has 0 aliphatic rings. The van der Waals surface area contributed by atoms with Crippen molar-refractivity contribution in [2.75, 3.05) is 5.32 Å². The van der Waals surface area contributed by atoms with Gasteiger partial charge in [-0.1, -0.05) is 0 Å². The molecule has 0 aliphatic heterocycles. The first-order chi connectivity index (χ1) is 13.6. The van der Waals surface area contributed by atoms with Crippen molar-refractivity contribution < 1.29 is 26.7 Å². The lowest BCUT2D eigenvalue weighted by molar-refractivity contribution is -0.141. The lowest BCUT2D eigenvalue weighted by Gasteiger charge is -2.10. The average molecular weight is 518 g/mol. The van der Waals surface area contributed by atoms with Crippen molar-refractivity contribution in [2.24, 2.45) is 0 Å². The highest BCUT2D eigenvalue weighted by Crippen LogP contribution is 2.30. The van der Waals surface area contributed by atoms with Crippen LogP contribution in [-0.4, -0.2) is 15.7 Å². The third-order valence-corrected chi connectivity index (χ3v) is 4.40. The van der Waals surface area contributed by atoms with Gasteiger partial charge in [-0.05, 0) is 59.0 Å². The number of hydrogen-bond donors (Lipinski definition) is 1. The topological polar surface area (TPSA) is 70.7 Å². The second-order valence-electron chi connectivity index (χ2n) is 5.68. The van der Waals surface area contributed by atoms with Gasteiger partial charge in [0, 0.05) is 9.64 Å². The molecule has 1 N–H and O–H groups in total. The number of nitrogens with zero attached hydrogens (tertiary/aromatic N) is 3. The molecule has 148 valence electrons. The van der Waals surface area contributed by atoms with Crippen molar-refractivity contribution in [2.45, 2.75) is 6.18 Å². The number of alkyl halides is 3. The van der Waals surface area contributed by atoms with E-state index in [1.165, 1.54) is 12.1 Å². The molecule has 0 spiro atoms. The summed E-state index contributed by atoms with van der Waals surface area (Å²) in [5.41, 5.74) is -2.79. The van der Waals surface area contributed by atoms with Crippen LogP contribution >= 0.6 is 22.6 Å². The van der Waals surface area contributed by atoms with Gasteiger partial charge in [0.25, 0.3) is 5.91 Å². The molecule has 3 rings (SSSR count). The second kappa shape index (κ2) is 7.78. The summed E-state index contributed by atoms with van der Waals surface area (Å²) in [5.74, 6) is -2.73. The zero-order chi connectivity index (χ0) is 21.3. The van der Waals surface area contributed by atoms with E-state index >= 15 is 0 Å². The Labute approximate surface area is 173 Å². The summed E-state index contributed by atoms with van der Waals surface area (Å²) in [7, 11) is 0. The number of carbonyl (C=O) groups excluding carboxylic acids is 1.